The maximum Gasteiger partial charge on any atom is 0.253 e. The molecule has 0 unspecified atom stereocenters. The third-order valence-corrected chi connectivity index (χ3v) is 6.60. The van der Waals surface area contributed by atoms with Crippen LogP contribution in [-0.2, 0) is 5.54 Å². The van der Waals surface area contributed by atoms with Gasteiger partial charge in [-0.3, -0.25) is 19.1 Å². The lowest BCUT2D eigenvalue weighted by atomic mass is 9.83. The van der Waals surface area contributed by atoms with Gasteiger partial charge in [-0.2, -0.15) is 5.10 Å². The Kier molecular flexibility index (Phi) is 4.63. The number of primary amides is 1. The monoisotopic (exact) mass is 449 g/mol. The smallest absolute Gasteiger partial charge is 0.253 e. The summed E-state index contributed by atoms with van der Waals surface area (Å²) in [5, 5.41) is 5.14. The van der Waals surface area contributed by atoms with Crippen LogP contribution in [0.25, 0.3) is 10.9 Å². The number of likely N-dealkylation sites (tertiary alicyclic amines) is 1. The molecule has 5 rings (SSSR count). The standard InChI is InChI=1S/C24H27N5O4/c1-23(2,3)29-13-19-20(27-29)18(30)11-24(33-19)6-8-28(9-7-24)22(32)14-4-5-15-16(21(25)31)12-26-17(15)10-14/h4-5,10,12-13,26H,6-9,11H2,1-3H3,(H2,25,31). The number of nitrogens with one attached hydrogen (secondary N) is 1. The molecule has 9 nitrogen and oxygen atoms in total. The van der Waals surface area contributed by atoms with Crippen LogP contribution in [0.15, 0.2) is 30.6 Å². The number of rotatable bonds is 2. The van der Waals surface area contributed by atoms with Crippen LogP contribution in [0.1, 0.15) is 71.2 Å². The summed E-state index contributed by atoms with van der Waals surface area (Å²) >= 11 is 0. The predicted molar refractivity (Wildman–Crippen MR) is 121 cm³/mol. The summed E-state index contributed by atoms with van der Waals surface area (Å²) in [7, 11) is 0. The van der Waals surface area contributed by atoms with Gasteiger partial charge in [-0.1, -0.05) is 6.07 Å². The highest BCUT2D eigenvalue weighted by atomic mass is 16.5. The van der Waals surface area contributed by atoms with Crippen LogP contribution in [-0.4, -0.2) is 56.0 Å². The van der Waals surface area contributed by atoms with Gasteiger partial charge in [-0.05, 0) is 32.9 Å². The Morgan fingerprint density at radius 1 is 1.21 bits per heavy atom. The van der Waals surface area contributed by atoms with Crippen molar-refractivity contribution in [3.8, 4) is 5.75 Å². The topological polar surface area (TPSA) is 123 Å². The van der Waals surface area contributed by atoms with Crippen molar-refractivity contribution in [2.24, 2.45) is 5.73 Å². The minimum absolute atomic E-state index is 0.0125. The number of aromatic amines is 1. The van der Waals surface area contributed by atoms with Crippen molar-refractivity contribution in [2.75, 3.05) is 13.1 Å². The van der Waals surface area contributed by atoms with Crippen molar-refractivity contribution in [1.82, 2.24) is 19.7 Å². The van der Waals surface area contributed by atoms with E-state index in [1.807, 2.05) is 20.8 Å². The average Bonchev–Trinajstić information content (AvgIpc) is 3.37. The Bertz CT molecular complexity index is 1290. The van der Waals surface area contributed by atoms with E-state index in [0.717, 1.165) is 0 Å². The minimum Gasteiger partial charge on any atom is -0.483 e. The van der Waals surface area contributed by atoms with E-state index in [4.69, 9.17) is 10.5 Å². The number of benzene rings is 1. The van der Waals surface area contributed by atoms with Gasteiger partial charge in [-0.15, -0.1) is 0 Å². The number of nitrogens with two attached hydrogens (primary N) is 1. The molecule has 1 aromatic carbocycles. The summed E-state index contributed by atoms with van der Waals surface area (Å²) in [5.41, 5.74) is 6.55. The Morgan fingerprint density at radius 2 is 1.94 bits per heavy atom. The fraction of sp³-hybridized carbons (Fsp3) is 0.417. The summed E-state index contributed by atoms with van der Waals surface area (Å²) in [5.74, 6) is -0.0879. The van der Waals surface area contributed by atoms with E-state index >= 15 is 0 Å². The number of piperidine rings is 1. The van der Waals surface area contributed by atoms with Crippen LogP contribution in [0.2, 0.25) is 0 Å². The molecule has 9 heteroatoms. The highest BCUT2D eigenvalue weighted by Crippen LogP contribution is 2.40. The van der Waals surface area contributed by atoms with Crippen molar-refractivity contribution in [1.29, 1.82) is 0 Å². The number of hydrogen-bond acceptors (Lipinski definition) is 5. The van der Waals surface area contributed by atoms with E-state index in [0.29, 0.717) is 59.4 Å². The van der Waals surface area contributed by atoms with Crippen LogP contribution in [0, 0.1) is 0 Å². The lowest BCUT2D eigenvalue weighted by molar-refractivity contribution is -0.00586. The SMILES string of the molecule is CC(C)(C)n1cc2c(n1)C(=O)CC1(CCN(C(=O)c3ccc4c(C(N)=O)c[nH]c4c3)CC1)O2. The molecule has 2 aliphatic heterocycles. The van der Waals surface area contributed by atoms with Crippen LogP contribution >= 0.6 is 0 Å². The van der Waals surface area contributed by atoms with E-state index < -0.39 is 11.5 Å². The Morgan fingerprint density at radius 3 is 2.61 bits per heavy atom. The molecule has 1 fully saturated rings. The number of Topliss-reactive ketones (excluding diaryl/α,β-unsaturated/α-hetero) is 1. The number of nitrogens with zero attached hydrogens (tertiary/aromatic N) is 3. The first-order valence-electron chi connectivity index (χ1n) is 11.1. The van der Waals surface area contributed by atoms with Gasteiger partial charge in [0.2, 0.25) is 0 Å². The molecule has 4 heterocycles. The Balaban J connectivity index is 1.31. The van der Waals surface area contributed by atoms with E-state index in [1.165, 1.54) is 0 Å². The molecule has 0 atom stereocenters. The third-order valence-electron chi connectivity index (χ3n) is 6.60. The Labute approximate surface area is 190 Å². The summed E-state index contributed by atoms with van der Waals surface area (Å²) in [6, 6.07) is 5.19. The van der Waals surface area contributed by atoms with Crippen molar-refractivity contribution in [2.45, 2.75) is 51.2 Å². The summed E-state index contributed by atoms with van der Waals surface area (Å²) < 4.78 is 8.10. The zero-order valence-corrected chi connectivity index (χ0v) is 19.0. The number of ether oxygens (including phenoxy) is 1. The van der Waals surface area contributed by atoms with Crippen molar-refractivity contribution in [3.63, 3.8) is 0 Å². The normalized spacial score (nSPS) is 17.8. The predicted octanol–water partition coefficient (Wildman–Crippen LogP) is 2.86. The summed E-state index contributed by atoms with van der Waals surface area (Å²) in [6.07, 6.45) is 4.77. The fourth-order valence-corrected chi connectivity index (χ4v) is 4.66. The van der Waals surface area contributed by atoms with E-state index in [2.05, 4.69) is 10.1 Å². The van der Waals surface area contributed by atoms with Crippen molar-refractivity contribution < 1.29 is 19.1 Å². The van der Waals surface area contributed by atoms with Gasteiger partial charge in [0.15, 0.2) is 17.2 Å². The maximum absolute atomic E-state index is 13.1. The van der Waals surface area contributed by atoms with Crippen LogP contribution in [0.4, 0.5) is 0 Å². The number of aromatic nitrogens is 3. The molecular formula is C24H27N5O4. The maximum atomic E-state index is 13.1. The zero-order chi connectivity index (χ0) is 23.5. The summed E-state index contributed by atoms with van der Waals surface area (Å²) in [4.78, 5) is 42.3. The number of H-pyrrole nitrogens is 1. The second kappa shape index (κ2) is 7.19. The number of fused-ring (bicyclic) bond motifs is 2. The van der Waals surface area contributed by atoms with Gasteiger partial charge >= 0.3 is 0 Å². The lowest BCUT2D eigenvalue weighted by Crippen LogP contribution is -2.52. The number of ketones is 1. The number of carbonyl (C=O) groups excluding carboxylic acids is 3. The van der Waals surface area contributed by atoms with Gasteiger partial charge in [0, 0.05) is 48.6 Å². The first-order valence-corrected chi connectivity index (χ1v) is 11.1. The van der Waals surface area contributed by atoms with E-state index in [1.54, 1.807) is 40.2 Å². The lowest BCUT2D eigenvalue weighted by Gasteiger charge is -2.43. The van der Waals surface area contributed by atoms with Gasteiger partial charge in [0.05, 0.1) is 23.7 Å². The average molecular weight is 450 g/mol. The molecule has 0 radical (unpaired) electrons. The largest absolute Gasteiger partial charge is 0.483 e. The van der Waals surface area contributed by atoms with Crippen LogP contribution in [0.5, 0.6) is 5.75 Å². The molecule has 2 aromatic heterocycles. The van der Waals surface area contributed by atoms with Crippen molar-refractivity contribution >= 4 is 28.5 Å². The van der Waals surface area contributed by atoms with Gasteiger partial charge in [-0.25, -0.2) is 0 Å². The highest BCUT2D eigenvalue weighted by Gasteiger charge is 2.45. The molecule has 2 aliphatic rings. The molecule has 3 N–H and O–H groups in total. The molecule has 1 spiro atoms. The molecule has 2 amide bonds. The molecule has 0 saturated carbocycles. The zero-order valence-electron chi connectivity index (χ0n) is 19.0. The molecule has 0 aliphatic carbocycles. The molecule has 33 heavy (non-hydrogen) atoms. The van der Waals surface area contributed by atoms with Crippen LogP contribution in [0.3, 0.4) is 0 Å². The quantitative estimate of drug-likeness (QED) is 0.623. The van der Waals surface area contributed by atoms with Gasteiger partial charge in [0.25, 0.3) is 11.8 Å². The molecular weight excluding hydrogens is 422 g/mol. The number of carbonyl (C=O) groups is 3. The van der Waals surface area contributed by atoms with E-state index in [9.17, 15) is 14.4 Å². The molecule has 172 valence electrons. The number of amides is 2. The third kappa shape index (κ3) is 3.57. The van der Waals surface area contributed by atoms with Gasteiger partial charge < -0.3 is 20.4 Å². The second-order valence-corrected chi connectivity index (χ2v) is 9.96. The van der Waals surface area contributed by atoms with E-state index in [-0.39, 0.29) is 23.7 Å². The van der Waals surface area contributed by atoms with Crippen LogP contribution < -0.4 is 10.5 Å². The molecule has 0 bridgehead atoms. The molecule has 1 saturated heterocycles. The molecule has 3 aromatic rings. The van der Waals surface area contributed by atoms with Gasteiger partial charge in [0.1, 0.15) is 5.60 Å². The fourth-order valence-electron chi connectivity index (χ4n) is 4.66. The first-order chi connectivity index (χ1) is 15.6. The second-order valence-electron chi connectivity index (χ2n) is 9.96. The minimum atomic E-state index is -0.605. The highest BCUT2D eigenvalue weighted by molar-refractivity contribution is 6.07. The first kappa shape index (κ1) is 21.2. The number of hydrogen-bond donors (Lipinski definition) is 2. The van der Waals surface area contributed by atoms with Crippen molar-refractivity contribution in [3.05, 3.63) is 47.4 Å². The summed E-state index contributed by atoms with van der Waals surface area (Å²) in [6.45, 7) is 7.05. The Hall–Kier alpha value is -3.62.